The third-order valence-corrected chi connectivity index (χ3v) is 15.6. The van der Waals surface area contributed by atoms with Crippen LogP contribution in [0.4, 0.5) is 17.1 Å². The summed E-state index contributed by atoms with van der Waals surface area (Å²) in [6.07, 6.45) is 0. The van der Waals surface area contributed by atoms with Crippen molar-refractivity contribution in [3.63, 3.8) is 0 Å². The molecule has 2 heteroatoms. The van der Waals surface area contributed by atoms with Crippen LogP contribution in [0.2, 0.25) is 0 Å². The molecule has 1 spiro atoms. The second kappa shape index (κ2) is 15.0. The minimum atomic E-state index is -0.474. The van der Waals surface area contributed by atoms with E-state index in [1.54, 1.807) is 0 Å². The van der Waals surface area contributed by atoms with E-state index in [1.807, 2.05) is 0 Å². The molecular weight excluding hydrogens is 847 g/mol. The highest BCUT2D eigenvalue weighted by Gasteiger charge is 2.52. The summed E-state index contributed by atoms with van der Waals surface area (Å²) < 4.78 is 6.84. The number of furan rings is 1. The number of hydrogen-bond donors (Lipinski definition) is 0. The highest BCUT2D eigenvalue weighted by atomic mass is 16.3. The Labute approximate surface area is 407 Å². The van der Waals surface area contributed by atoms with Gasteiger partial charge in [-0.1, -0.05) is 206 Å². The summed E-state index contributed by atoms with van der Waals surface area (Å²) in [6, 6.07) is 94.1. The molecule has 12 aromatic rings. The maximum atomic E-state index is 6.84. The summed E-state index contributed by atoms with van der Waals surface area (Å²) in [6.45, 7) is 0. The van der Waals surface area contributed by atoms with E-state index in [0.717, 1.165) is 44.6 Å². The van der Waals surface area contributed by atoms with Crippen molar-refractivity contribution in [3.8, 4) is 55.6 Å². The van der Waals surface area contributed by atoms with Crippen molar-refractivity contribution in [2.45, 2.75) is 11.3 Å². The number of anilines is 3. The predicted octanol–water partition coefficient (Wildman–Crippen LogP) is 17.9. The molecule has 1 heterocycles. The van der Waals surface area contributed by atoms with E-state index < -0.39 is 5.41 Å². The predicted molar refractivity (Wildman–Crippen MR) is 288 cm³/mol. The first-order valence-corrected chi connectivity index (χ1v) is 24.4. The second-order valence-electron chi connectivity index (χ2n) is 19.0. The van der Waals surface area contributed by atoms with Crippen molar-refractivity contribution >= 4 is 39.0 Å². The van der Waals surface area contributed by atoms with E-state index in [9.17, 15) is 0 Å². The zero-order chi connectivity index (χ0) is 45.9. The van der Waals surface area contributed by atoms with Crippen LogP contribution in [-0.4, -0.2) is 0 Å². The summed E-state index contributed by atoms with van der Waals surface area (Å²) in [5, 5.41) is 2.16. The van der Waals surface area contributed by atoms with Gasteiger partial charge in [0.1, 0.15) is 11.2 Å². The Morgan fingerprint density at radius 1 is 0.343 bits per heavy atom. The van der Waals surface area contributed by atoms with Gasteiger partial charge in [0.2, 0.25) is 0 Å². The first kappa shape index (κ1) is 39.1. The van der Waals surface area contributed by atoms with Gasteiger partial charge < -0.3 is 9.32 Å². The summed E-state index contributed by atoms with van der Waals surface area (Å²) in [7, 11) is 0. The molecule has 1 atom stereocenters. The molecule has 3 aliphatic rings. The number of nitrogens with zero attached hydrogens (tertiary/aromatic N) is 1. The van der Waals surface area contributed by atoms with Gasteiger partial charge in [0, 0.05) is 22.6 Å². The van der Waals surface area contributed by atoms with Crippen LogP contribution in [-0.2, 0) is 5.41 Å². The maximum absolute atomic E-state index is 6.84. The largest absolute Gasteiger partial charge is 0.456 e. The molecule has 0 bridgehead atoms. The molecule has 0 aliphatic heterocycles. The molecule has 0 saturated heterocycles. The Bertz CT molecular complexity index is 4020. The lowest BCUT2D eigenvalue weighted by Gasteiger charge is -2.32. The normalized spacial score (nSPS) is 14.3. The first-order chi connectivity index (χ1) is 34.7. The lowest BCUT2D eigenvalue weighted by molar-refractivity contribution is 0.669. The van der Waals surface area contributed by atoms with Gasteiger partial charge in [0.15, 0.2) is 0 Å². The molecule has 0 N–H and O–H groups in total. The highest BCUT2D eigenvalue weighted by Crippen LogP contribution is 2.65. The van der Waals surface area contributed by atoms with E-state index in [0.29, 0.717) is 0 Å². The molecule has 11 aromatic carbocycles. The lowest BCUT2D eigenvalue weighted by atomic mass is 9.70. The van der Waals surface area contributed by atoms with Crippen molar-refractivity contribution in [1.29, 1.82) is 0 Å². The smallest absolute Gasteiger partial charge is 0.137 e. The van der Waals surface area contributed by atoms with Crippen molar-refractivity contribution in [3.05, 3.63) is 294 Å². The SMILES string of the molecule is c1ccc(-c2ccc(N(c3cccc4c3-c3ccccc3C43c4ccccc4-c4ccccc43)c3cccc4oc5ccc(-c6ccc7c(c6)-c6ccccc6C7c6ccccc6)cc5c34)cc2)cc1. The van der Waals surface area contributed by atoms with Gasteiger partial charge in [-0.25, -0.2) is 0 Å². The van der Waals surface area contributed by atoms with Crippen LogP contribution in [0.3, 0.4) is 0 Å². The van der Waals surface area contributed by atoms with Gasteiger partial charge >= 0.3 is 0 Å². The number of benzene rings is 11. The molecule has 0 radical (unpaired) electrons. The van der Waals surface area contributed by atoms with Crippen molar-refractivity contribution < 1.29 is 4.42 Å². The van der Waals surface area contributed by atoms with Gasteiger partial charge in [-0.2, -0.15) is 0 Å². The van der Waals surface area contributed by atoms with Gasteiger partial charge in [-0.05, 0) is 138 Å². The summed E-state index contributed by atoms with van der Waals surface area (Å²) in [5.41, 5.74) is 26.2. The fourth-order valence-electron chi connectivity index (χ4n) is 12.7. The average molecular weight is 890 g/mol. The molecule has 3 aliphatic carbocycles. The monoisotopic (exact) mass is 889 g/mol. The quantitative estimate of drug-likeness (QED) is 0.165. The van der Waals surface area contributed by atoms with E-state index in [1.165, 1.54) is 89.0 Å². The van der Waals surface area contributed by atoms with Crippen LogP contribution in [0.25, 0.3) is 77.6 Å². The van der Waals surface area contributed by atoms with E-state index >= 15 is 0 Å². The summed E-state index contributed by atoms with van der Waals surface area (Å²) >= 11 is 0. The fraction of sp³-hybridized carbons (Fsp3) is 0.0294. The Morgan fingerprint density at radius 3 is 1.64 bits per heavy atom. The molecule has 0 saturated carbocycles. The van der Waals surface area contributed by atoms with Crippen LogP contribution in [0.1, 0.15) is 44.9 Å². The minimum Gasteiger partial charge on any atom is -0.456 e. The Kier molecular flexibility index (Phi) is 8.38. The second-order valence-corrected chi connectivity index (χ2v) is 19.0. The molecule has 0 fully saturated rings. The van der Waals surface area contributed by atoms with E-state index in [4.69, 9.17) is 4.42 Å². The Balaban J connectivity index is 0.954. The molecule has 2 nitrogen and oxygen atoms in total. The van der Waals surface area contributed by atoms with Gasteiger partial charge in [0.25, 0.3) is 0 Å². The van der Waals surface area contributed by atoms with Crippen molar-refractivity contribution in [1.82, 2.24) is 0 Å². The van der Waals surface area contributed by atoms with Crippen molar-refractivity contribution in [2.24, 2.45) is 0 Å². The van der Waals surface area contributed by atoms with Crippen LogP contribution in [0.15, 0.2) is 259 Å². The number of hydrogen-bond acceptors (Lipinski definition) is 2. The molecule has 0 amide bonds. The van der Waals surface area contributed by atoms with Gasteiger partial charge in [0.05, 0.1) is 22.2 Å². The third kappa shape index (κ3) is 5.44. The Morgan fingerprint density at radius 2 is 0.886 bits per heavy atom. The molecule has 70 heavy (non-hydrogen) atoms. The maximum Gasteiger partial charge on any atom is 0.137 e. The standard InChI is InChI=1S/C68H43NO/c1-3-17-43(18-4-1)44-33-37-48(38-34-44)69(61-30-15-29-60-66(61)54-25-11-14-28-59(54)68(60)57-26-12-9-22-50(57)51-23-10-13-27-58(51)68)62-31-16-32-64-67(62)56-42-47(36-40-63(56)70-64)46-35-39-53-55(41-46)49-21-7-8-24-52(49)65(53)45-19-5-2-6-20-45/h1-42,65H. The van der Waals surface area contributed by atoms with Crippen LogP contribution in [0.5, 0.6) is 0 Å². The van der Waals surface area contributed by atoms with Crippen molar-refractivity contribution in [2.75, 3.05) is 4.90 Å². The summed E-state index contributed by atoms with van der Waals surface area (Å²) in [4.78, 5) is 2.50. The lowest BCUT2D eigenvalue weighted by Crippen LogP contribution is -2.26. The number of rotatable bonds is 6. The highest BCUT2D eigenvalue weighted by molar-refractivity contribution is 6.15. The zero-order valence-electron chi connectivity index (χ0n) is 38.2. The van der Waals surface area contributed by atoms with E-state index in [2.05, 4.69) is 260 Å². The van der Waals surface area contributed by atoms with E-state index in [-0.39, 0.29) is 5.92 Å². The Hall–Kier alpha value is -8.98. The molecule has 15 rings (SSSR count). The van der Waals surface area contributed by atoms with Crippen LogP contribution < -0.4 is 4.90 Å². The average Bonchev–Trinajstić information content (AvgIpc) is 4.16. The first-order valence-electron chi connectivity index (χ1n) is 24.4. The number of fused-ring (bicyclic) bond motifs is 16. The van der Waals surface area contributed by atoms with Crippen LogP contribution >= 0.6 is 0 Å². The molecule has 1 unspecified atom stereocenters. The van der Waals surface area contributed by atoms with Gasteiger partial charge in [-0.15, -0.1) is 0 Å². The van der Waals surface area contributed by atoms with Crippen LogP contribution in [0, 0.1) is 0 Å². The molecular formula is C68H43NO. The third-order valence-electron chi connectivity index (χ3n) is 15.6. The topological polar surface area (TPSA) is 16.4 Å². The fourth-order valence-corrected chi connectivity index (χ4v) is 12.7. The molecule has 1 aromatic heterocycles. The van der Waals surface area contributed by atoms with Gasteiger partial charge in [-0.3, -0.25) is 0 Å². The molecule has 326 valence electrons. The summed E-state index contributed by atoms with van der Waals surface area (Å²) in [5.74, 6) is 0.205. The zero-order valence-corrected chi connectivity index (χ0v) is 38.2. The minimum absolute atomic E-state index is 0.205.